The molecule has 4 rings (SSSR count). The first-order chi connectivity index (χ1) is 30.1. The van der Waals surface area contributed by atoms with Gasteiger partial charge in [-0.25, -0.2) is 4.57 Å². The fourth-order valence-electron chi connectivity index (χ4n) is 10.2. The molecule has 0 aromatic heterocycles. The van der Waals surface area contributed by atoms with Crippen LogP contribution in [0.3, 0.4) is 0 Å². The van der Waals surface area contributed by atoms with Crippen molar-refractivity contribution in [3.8, 4) is 0 Å². The number of ketones is 1. The van der Waals surface area contributed by atoms with Gasteiger partial charge in [-0.05, 0) is 95.9 Å². The molecule has 66 heavy (non-hydrogen) atoms. The maximum atomic E-state index is 14.5. The Hall–Kier alpha value is -1.31. The largest absolute Gasteiger partial charge is 0.466 e. The average molecular weight is 975 g/mol. The van der Waals surface area contributed by atoms with Gasteiger partial charge >= 0.3 is 13.8 Å². The fourth-order valence-corrected chi connectivity index (χ4v) is 10.2. The van der Waals surface area contributed by atoms with Crippen LogP contribution in [0.1, 0.15) is 108 Å². The van der Waals surface area contributed by atoms with Gasteiger partial charge in [-0.1, -0.05) is 27.7 Å². The Morgan fingerprint density at radius 2 is 1.26 bits per heavy atom. The SMILES string of the molecule is CC[C@H]1OC(=O)[C@H](C)[C@@H](O[C@H]2C[C@@](C)(O)[C@@H](O)[C@H](C)O2)[C@H](C)[C@@H](O[C@@H]2O[C@H](C)C[C@H](N(C)C)[C@H]2O)[C@](C)(O[C@H]2C[C@@H](N(C)C)[C@@H](O)[C@H](C)O2)C[C@@H](C)C(=O)[C@H](C)[C@@H](O)[C@]1(C)O.O=P(O)(O)O. The summed E-state index contributed by atoms with van der Waals surface area (Å²) in [5.74, 6) is -5.17. The van der Waals surface area contributed by atoms with Crippen molar-refractivity contribution in [2.75, 3.05) is 28.2 Å². The van der Waals surface area contributed by atoms with E-state index in [1.807, 2.05) is 44.9 Å². The first-order valence-corrected chi connectivity index (χ1v) is 24.6. The number of carbonyl (C=O) groups is 2. The van der Waals surface area contributed by atoms with Crippen molar-refractivity contribution in [2.45, 2.75) is 217 Å². The molecule has 4 aliphatic rings. The molecule has 0 aromatic carbocycles. The van der Waals surface area contributed by atoms with Gasteiger partial charge in [0, 0.05) is 42.7 Å². The van der Waals surface area contributed by atoms with Crippen molar-refractivity contribution in [2.24, 2.45) is 23.7 Å². The number of Topliss-reactive ketones (excluding diaryl/α,β-unsaturated/α-hetero) is 1. The van der Waals surface area contributed by atoms with E-state index in [1.54, 1.807) is 48.5 Å². The average Bonchev–Trinajstić information content (AvgIpc) is 3.19. The molecule has 0 radical (unpaired) electrons. The molecule has 0 bridgehead atoms. The molecule has 9 N–H and O–H groups in total. The zero-order chi connectivity index (χ0) is 50.8. The van der Waals surface area contributed by atoms with Crippen molar-refractivity contribution in [1.29, 1.82) is 0 Å². The minimum atomic E-state index is -4.64. The van der Waals surface area contributed by atoms with Gasteiger partial charge in [0.05, 0.1) is 59.8 Å². The summed E-state index contributed by atoms with van der Waals surface area (Å²) in [4.78, 5) is 54.3. The number of rotatable bonds is 9. The second kappa shape index (κ2) is 23.3. The summed E-state index contributed by atoms with van der Waals surface area (Å²) in [7, 11) is 2.77. The first-order valence-electron chi connectivity index (χ1n) is 23.0. The van der Waals surface area contributed by atoms with E-state index in [2.05, 4.69) is 0 Å². The highest BCUT2D eigenvalue weighted by atomic mass is 31.2. The second-order valence-corrected chi connectivity index (χ2v) is 21.5. The lowest BCUT2D eigenvalue weighted by Gasteiger charge is -2.51. The van der Waals surface area contributed by atoms with Gasteiger partial charge in [0.1, 0.15) is 29.7 Å². The summed E-state index contributed by atoms with van der Waals surface area (Å²) < 4.78 is 54.6. The summed E-state index contributed by atoms with van der Waals surface area (Å²) in [5.41, 5.74) is -5.21. The van der Waals surface area contributed by atoms with Crippen molar-refractivity contribution >= 4 is 19.6 Å². The Bertz CT molecular complexity index is 1610. The molecular formula is C44H83N2O19P. The van der Waals surface area contributed by atoms with E-state index in [4.69, 9.17) is 52.4 Å². The van der Waals surface area contributed by atoms with Crippen LogP contribution in [0.4, 0.5) is 0 Å². The molecule has 388 valence electrons. The number of aliphatic hydroxyl groups is 6. The predicted octanol–water partition coefficient (Wildman–Crippen LogP) is 0.653. The number of carbonyl (C=O) groups excluding carboxylic acids is 2. The second-order valence-electron chi connectivity index (χ2n) is 20.4. The van der Waals surface area contributed by atoms with Gasteiger partial charge in [0.2, 0.25) is 0 Å². The molecule has 0 amide bonds. The summed E-state index contributed by atoms with van der Waals surface area (Å²) in [6.07, 6.45) is -13.0. The van der Waals surface area contributed by atoms with Crippen LogP contribution >= 0.6 is 7.82 Å². The Morgan fingerprint density at radius 1 is 0.727 bits per heavy atom. The Balaban J connectivity index is 0.00000219. The minimum Gasteiger partial charge on any atom is -0.459 e. The molecule has 21 nitrogen and oxygen atoms in total. The van der Waals surface area contributed by atoms with E-state index in [9.17, 15) is 40.2 Å². The smallest absolute Gasteiger partial charge is 0.459 e. The van der Waals surface area contributed by atoms with Crippen molar-refractivity contribution < 1.29 is 92.6 Å². The van der Waals surface area contributed by atoms with Crippen molar-refractivity contribution in [1.82, 2.24) is 9.80 Å². The molecule has 0 aromatic rings. The van der Waals surface area contributed by atoms with E-state index in [-0.39, 0.29) is 43.9 Å². The van der Waals surface area contributed by atoms with Crippen LogP contribution in [-0.2, 0) is 47.3 Å². The zero-order valence-corrected chi connectivity index (χ0v) is 42.3. The van der Waals surface area contributed by atoms with E-state index >= 15 is 0 Å². The van der Waals surface area contributed by atoms with Gasteiger partial charge < -0.3 is 88.3 Å². The minimum absolute atomic E-state index is 0.0421. The molecular weight excluding hydrogens is 891 g/mol. The lowest BCUT2D eigenvalue weighted by Crippen LogP contribution is -2.62. The van der Waals surface area contributed by atoms with Gasteiger partial charge in [-0.15, -0.1) is 0 Å². The van der Waals surface area contributed by atoms with Crippen LogP contribution in [0.15, 0.2) is 0 Å². The Morgan fingerprint density at radius 3 is 1.77 bits per heavy atom. The molecule has 4 aliphatic heterocycles. The van der Waals surface area contributed by atoms with Crippen molar-refractivity contribution in [3.05, 3.63) is 0 Å². The topological polar surface area (TPSA) is 304 Å². The third-order valence-electron chi connectivity index (χ3n) is 14.1. The zero-order valence-electron chi connectivity index (χ0n) is 41.5. The molecule has 0 aliphatic carbocycles. The normalized spacial score (nSPS) is 47.2. The van der Waals surface area contributed by atoms with E-state index < -0.39 is 134 Å². The van der Waals surface area contributed by atoms with Crippen LogP contribution in [-0.4, -0.2) is 204 Å². The highest BCUT2D eigenvalue weighted by Crippen LogP contribution is 2.43. The highest BCUT2D eigenvalue weighted by molar-refractivity contribution is 7.45. The number of esters is 1. The summed E-state index contributed by atoms with van der Waals surface area (Å²) in [6, 6.07) is -0.742. The Kier molecular flexibility index (Phi) is 20.8. The fraction of sp³-hybridized carbons (Fsp3) is 0.955. The van der Waals surface area contributed by atoms with E-state index in [1.165, 1.54) is 20.8 Å². The highest BCUT2D eigenvalue weighted by Gasteiger charge is 2.55. The quantitative estimate of drug-likeness (QED) is 0.113. The van der Waals surface area contributed by atoms with Crippen molar-refractivity contribution in [3.63, 3.8) is 0 Å². The van der Waals surface area contributed by atoms with Gasteiger partial charge in [0.15, 0.2) is 18.9 Å². The van der Waals surface area contributed by atoms with Crippen LogP contribution in [0.25, 0.3) is 0 Å². The van der Waals surface area contributed by atoms with Gasteiger partial charge in [0.25, 0.3) is 0 Å². The molecule has 0 spiro atoms. The number of aliphatic hydroxyl groups excluding tert-OH is 4. The number of nitrogens with zero attached hydrogens (tertiary/aromatic N) is 2. The first kappa shape index (κ1) is 59.0. The Labute approximate surface area is 390 Å². The van der Waals surface area contributed by atoms with Crippen LogP contribution in [0, 0.1) is 23.7 Å². The van der Waals surface area contributed by atoms with E-state index in [0.29, 0.717) is 6.42 Å². The monoisotopic (exact) mass is 975 g/mol. The molecule has 0 saturated carbocycles. The lowest BCUT2D eigenvalue weighted by molar-refractivity contribution is -0.340. The number of phosphoric acid groups is 1. The molecule has 0 unspecified atom stereocenters. The lowest BCUT2D eigenvalue weighted by atomic mass is 9.73. The summed E-state index contributed by atoms with van der Waals surface area (Å²) in [5, 5.41) is 68.6. The maximum absolute atomic E-state index is 14.5. The van der Waals surface area contributed by atoms with Gasteiger partial charge in [-0.2, -0.15) is 0 Å². The number of hydrogen-bond donors (Lipinski definition) is 9. The standard InChI is InChI=1S/C44H80N2O15.H3O4P/c1-16-30-44(11,54)37(50)23(4)33(47)21(2)19-43(10,61-31-18-29(46(14)15)34(48)26(7)56-31)39(60-41-35(49)28(45(12)13)17-22(3)55-41)24(5)36(25(6)40(52)58-30)59-32-20-42(9,53)38(51)27(8)57-32;1-5(2,3)4/h21-32,34-39,41,48-51,53-54H,16-20H2,1-15H3;(H3,1,2,3,4)/t21-,22-,23+,24+,25-,26+,27+,28+,29-,30-,31+,32+,34+,35-,36+,37-,38+,39-,41+,42-,43-,44-;/m1./s1. The molecule has 22 heteroatoms. The van der Waals surface area contributed by atoms with Crippen LogP contribution < -0.4 is 0 Å². The van der Waals surface area contributed by atoms with E-state index in [0.717, 1.165) is 0 Å². The number of cyclic esters (lactones) is 1. The maximum Gasteiger partial charge on any atom is 0.466 e. The summed E-state index contributed by atoms with van der Waals surface area (Å²) in [6.45, 7) is 18.1. The number of likely N-dealkylation sites (N-methyl/N-ethyl adjacent to an activating group) is 2. The third kappa shape index (κ3) is 14.6. The summed E-state index contributed by atoms with van der Waals surface area (Å²) >= 11 is 0. The molecule has 4 heterocycles. The number of ether oxygens (including phenoxy) is 7. The van der Waals surface area contributed by atoms with Gasteiger partial charge in [-0.3, -0.25) is 9.59 Å². The molecule has 22 atom stereocenters. The molecule has 4 fully saturated rings. The van der Waals surface area contributed by atoms with Crippen LogP contribution in [0.5, 0.6) is 0 Å². The predicted molar refractivity (Wildman–Crippen MR) is 237 cm³/mol. The van der Waals surface area contributed by atoms with Crippen LogP contribution in [0.2, 0.25) is 0 Å². The molecule has 4 saturated heterocycles. The number of hydrogen-bond acceptors (Lipinski definition) is 18. The third-order valence-corrected chi connectivity index (χ3v) is 14.1.